The van der Waals surface area contributed by atoms with Crippen molar-refractivity contribution in [3.63, 3.8) is 0 Å². The number of rotatable bonds is 8. The summed E-state index contributed by atoms with van der Waals surface area (Å²) in [5, 5.41) is 3.20. The molecule has 0 spiro atoms. The summed E-state index contributed by atoms with van der Waals surface area (Å²) in [6, 6.07) is 12.6. The molecule has 0 aromatic heterocycles. The zero-order valence-corrected chi connectivity index (χ0v) is 15.8. The van der Waals surface area contributed by atoms with Crippen LogP contribution in [0.2, 0.25) is 5.02 Å². The molecule has 2 aromatic rings. The fourth-order valence-electron chi connectivity index (χ4n) is 2.48. The minimum atomic E-state index is -0.771. The van der Waals surface area contributed by atoms with Crippen molar-refractivity contribution >= 4 is 23.5 Å². The van der Waals surface area contributed by atoms with Gasteiger partial charge in [0.15, 0.2) is 6.10 Å². The largest absolute Gasteiger partial charge is 0.481 e. The van der Waals surface area contributed by atoms with Gasteiger partial charge in [0.2, 0.25) is 0 Å². The number of carbonyl (C=O) groups excluding carboxylic acids is 2. The Morgan fingerprint density at radius 3 is 2.52 bits per heavy atom. The first kappa shape index (κ1) is 20.7. The zero-order valence-electron chi connectivity index (χ0n) is 15.1. The van der Waals surface area contributed by atoms with Gasteiger partial charge in [0, 0.05) is 11.6 Å². The quantitative estimate of drug-likeness (QED) is 0.698. The summed E-state index contributed by atoms with van der Waals surface area (Å²) in [7, 11) is 1.28. The van der Waals surface area contributed by atoms with Crippen LogP contribution >= 0.6 is 11.6 Å². The lowest BCUT2D eigenvalue weighted by molar-refractivity contribution is -0.145. The first-order chi connectivity index (χ1) is 12.9. The van der Waals surface area contributed by atoms with Crippen LogP contribution in [0.3, 0.4) is 0 Å². The normalized spacial score (nSPS) is 12.7. The van der Waals surface area contributed by atoms with Crippen LogP contribution in [0.25, 0.3) is 0 Å². The molecule has 2 atom stereocenters. The van der Waals surface area contributed by atoms with Crippen molar-refractivity contribution in [2.75, 3.05) is 13.7 Å². The highest BCUT2D eigenvalue weighted by molar-refractivity contribution is 6.30. The van der Waals surface area contributed by atoms with E-state index in [-0.39, 0.29) is 18.3 Å². The van der Waals surface area contributed by atoms with Gasteiger partial charge in [0.1, 0.15) is 11.6 Å². The van der Waals surface area contributed by atoms with Crippen molar-refractivity contribution in [3.05, 3.63) is 64.9 Å². The third-order valence-electron chi connectivity index (χ3n) is 3.93. The molecule has 27 heavy (non-hydrogen) atoms. The average Bonchev–Trinajstić information content (AvgIpc) is 2.65. The summed E-state index contributed by atoms with van der Waals surface area (Å²) in [5.74, 6) is -1.30. The maximum absolute atomic E-state index is 13.0. The van der Waals surface area contributed by atoms with Crippen LogP contribution < -0.4 is 10.1 Å². The zero-order chi connectivity index (χ0) is 19.8. The molecule has 1 N–H and O–H groups in total. The molecule has 0 fully saturated rings. The molecule has 0 radical (unpaired) electrons. The van der Waals surface area contributed by atoms with Crippen LogP contribution in [0.15, 0.2) is 48.5 Å². The number of ether oxygens (including phenoxy) is 2. The van der Waals surface area contributed by atoms with E-state index in [9.17, 15) is 14.0 Å². The molecule has 0 aliphatic carbocycles. The molecule has 144 valence electrons. The predicted molar refractivity (Wildman–Crippen MR) is 100 cm³/mol. The topological polar surface area (TPSA) is 64.6 Å². The van der Waals surface area contributed by atoms with Gasteiger partial charge in [-0.1, -0.05) is 29.8 Å². The van der Waals surface area contributed by atoms with Crippen LogP contribution in [-0.2, 0) is 20.7 Å². The highest BCUT2D eigenvalue weighted by Gasteiger charge is 2.23. The maximum atomic E-state index is 13.0. The standard InChI is InChI=1S/C20H21ClFNO4/c1-13(27-18-5-3-4-16(21)11-18)19(24)23-12-15(20(25)26-2)10-14-6-8-17(22)9-7-14/h3-9,11,13,15H,10,12H2,1-2H3,(H,23,24)/t13-,15-/m0/s1. The Morgan fingerprint density at radius 2 is 1.89 bits per heavy atom. The number of nitrogens with one attached hydrogen (secondary N) is 1. The van der Waals surface area contributed by atoms with E-state index in [0.717, 1.165) is 5.56 Å². The lowest BCUT2D eigenvalue weighted by Gasteiger charge is -2.18. The average molecular weight is 394 g/mol. The minimum absolute atomic E-state index is 0.0755. The molecule has 1 amide bonds. The van der Waals surface area contributed by atoms with Crippen LogP contribution in [0.5, 0.6) is 5.75 Å². The van der Waals surface area contributed by atoms with Gasteiger partial charge in [0.25, 0.3) is 5.91 Å². The maximum Gasteiger partial charge on any atom is 0.310 e. The first-order valence-corrected chi connectivity index (χ1v) is 8.79. The second-order valence-corrected chi connectivity index (χ2v) is 6.45. The number of hydrogen-bond acceptors (Lipinski definition) is 4. The van der Waals surface area contributed by atoms with Gasteiger partial charge in [-0.2, -0.15) is 0 Å². The summed E-state index contributed by atoms with van der Waals surface area (Å²) in [6.07, 6.45) is -0.455. The highest BCUT2D eigenvalue weighted by Crippen LogP contribution is 2.18. The van der Waals surface area contributed by atoms with Crippen molar-refractivity contribution in [1.82, 2.24) is 5.32 Å². The number of benzene rings is 2. The molecule has 2 aromatic carbocycles. The molecule has 0 bridgehead atoms. The Morgan fingerprint density at radius 1 is 1.19 bits per heavy atom. The van der Waals surface area contributed by atoms with Crippen LogP contribution in [0.1, 0.15) is 12.5 Å². The van der Waals surface area contributed by atoms with E-state index in [1.165, 1.54) is 19.2 Å². The van der Waals surface area contributed by atoms with Gasteiger partial charge >= 0.3 is 5.97 Å². The number of amides is 1. The molecule has 0 heterocycles. The smallest absolute Gasteiger partial charge is 0.310 e. The third kappa shape index (κ3) is 6.57. The van der Waals surface area contributed by atoms with Gasteiger partial charge in [0.05, 0.1) is 13.0 Å². The molecule has 7 heteroatoms. The molecule has 5 nitrogen and oxygen atoms in total. The molecular formula is C20H21ClFNO4. The van der Waals surface area contributed by atoms with Gasteiger partial charge in [-0.15, -0.1) is 0 Å². The summed E-state index contributed by atoms with van der Waals surface area (Å²) in [5.41, 5.74) is 0.768. The van der Waals surface area contributed by atoms with Crippen molar-refractivity contribution in [3.8, 4) is 5.75 Å². The lowest BCUT2D eigenvalue weighted by atomic mass is 9.99. The highest BCUT2D eigenvalue weighted by atomic mass is 35.5. The fraction of sp³-hybridized carbons (Fsp3) is 0.300. The van der Waals surface area contributed by atoms with Gasteiger partial charge in [-0.3, -0.25) is 9.59 Å². The van der Waals surface area contributed by atoms with E-state index in [4.69, 9.17) is 21.1 Å². The molecule has 0 aliphatic rings. The number of methoxy groups -OCH3 is 1. The lowest BCUT2D eigenvalue weighted by Crippen LogP contribution is -2.41. The van der Waals surface area contributed by atoms with Crippen molar-refractivity contribution in [1.29, 1.82) is 0 Å². The Hall–Kier alpha value is -2.60. The van der Waals surface area contributed by atoms with Gasteiger partial charge in [-0.25, -0.2) is 4.39 Å². The van der Waals surface area contributed by atoms with Crippen LogP contribution in [-0.4, -0.2) is 31.6 Å². The molecular weight excluding hydrogens is 373 g/mol. The first-order valence-electron chi connectivity index (χ1n) is 8.41. The summed E-state index contributed by atoms with van der Waals surface area (Å²) >= 11 is 5.89. The van der Waals surface area contributed by atoms with E-state index in [2.05, 4.69) is 5.32 Å². The second-order valence-electron chi connectivity index (χ2n) is 6.01. The molecule has 2 rings (SSSR count). The van der Waals surface area contributed by atoms with E-state index >= 15 is 0 Å². The van der Waals surface area contributed by atoms with Crippen molar-refractivity contribution in [2.45, 2.75) is 19.4 Å². The Labute approximate surface area is 162 Å². The number of carbonyl (C=O) groups is 2. The van der Waals surface area contributed by atoms with Crippen molar-refractivity contribution < 1.29 is 23.5 Å². The summed E-state index contributed by atoms with van der Waals surface area (Å²) in [6.45, 7) is 1.68. The number of halogens is 2. The number of hydrogen-bond donors (Lipinski definition) is 1. The molecule has 0 saturated heterocycles. The molecule has 0 saturated carbocycles. The summed E-state index contributed by atoms with van der Waals surface area (Å²) < 4.78 is 23.4. The van der Waals surface area contributed by atoms with E-state index in [1.807, 2.05) is 0 Å². The fourth-order valence-corrected chi connectivity index (χ4v) is 2.66. The Balaban J connectivity index is 1.93. The van der Waals surface area contributed by atoms with E-state index < -0.39 is 18.0 Å². The van der Waals surface area contributed by atoms with Crippen LogP contribution in [0.4, 0.5) is 4.39 Å². The molecule has 0 unspecified atom stereocenters. The second kappa shape index (κ2) is 9.92. The minimum Gasteiger partial charge on any atom is -0.481 e. The van der Waals surface area contributed by atoms with E-state index in [1.54, 1.807) is 43.3 Å². The number of esters is 1. The molecule has 0 aliphatic heterocycles. The SMILES string of the molecule is COC(=O)[C@H](CNC(=O)[C@H](C)Oc1cccc(Cl)c1)Cc1ccc(F)cc1. The van der Waals surface area contributed by atoms with Crippen molar-refractivity contribution in [2.24, 2.45) is 5.92 Å². The monoisotopic (exact) mass is 393 g/mol. The van der Waals surface area contributed by atoms with Gasteiger partial charge in [-0.05, 0) is 49.2 Å². The third-order valence-corrected chi connectivity index (χ3v) is 4.17. The Bertz CT molecular complexity index is 782. The Kier molecular flexibility index (Phi) is 7.61. The van der Waals surface area contributed by atoms with Crippen LogP contribution in [0, 0.1) is 11.7 Å². The van der Waals surface area contributed by atoms with E-state index in [0.29, 0.717) is 17.2 Å². The predicted octanol–water partition coefficient (Wildman–Crippen LogP) is 3.39. The summed E-state index contributed by atoms with van der Waals surface area (Å²) in [4.78, 5) is 24.3. The van der Waals surface area contributed by atoms with Gasteiger partial charge < -0.3 is 14.8 Å².